The fourth-order valence-corrected chi connectivity index (χ4v) is 2.67. The highest BCUT2D eigenvalue weighted by molar-refractivity contribution is 5.98. The molecule has 0 bridgehead atoms. The molecule has 0 aliphatic carbocycles. The number of ketones is 1. The van der Waals surface area contributed by atoms with Gasteiger partial charge in [0.25, 0.3) is 0 Å². The molecule has 0 N–H and O–H groups in total. The highest BCUT2D eigenvalue weighted by atomic mass is 16.7. The molecule has 1 aliphatic rings. The number of carbonyl (C=O) groups is 2. The van der Waals surface area contributed by atoms with E-state index in [1.54, 1.807) is 6.92 Å². The molecular weight excluding hydrogens is 308 g/mol. The van der Waals surface area contributed by atoms with Crippen molar-refractivity contribution in [3.05, 3.63) is 35.4 Å². The quantitative estimate of drug-likeness (QED) is 0.540. The first-order chi connectivity index (χ1) is 11.6. The van der Waals surface area contributed by atoms with Gasteiger partial charge in [-0.2, -0.15) is 0 Å². The van der Waals surface area contributed by atoms with Crippen LogP contribution in [0.3, 0.4) is 0 Å². The lowest BCUT2D eigenvalue weighted by molar-refractivity contribution is -0.168. The van der Waals surface area contributed by atoms with Crippen LogP contribution in [0.5, 0.6) is 0 Å². The van der Waals surface area contributed by atoms with Gasteiger partial charge in [-0.3, -0.25) is 9.59 Å². The van der Waals surface area contributed by atoms with Crippen LogP contribution in [-0.2, 0) is 36.8 Å². The predicted molar refractivity (Wildman–Crippen MR) is 89.3 cm³/mol. The number of esters is 1. The molecule has 0 radical (unpaired) electrons. The van der Waals surface area contributed by atoms with Crippen molar-refractivity contribution in [2.45, 2.75) is 52.4 Å². The minimum atomic E-state index is -0.734. The van der Waals surface area contributed by atoms with Gasteiger partial charge in [0.15, 0.2) is 6.29 Å². The monoisotopic (exact) mass is 334 g/mol. The summed E-state index contributed by atoms with van der Waals surface area (Å²) in [6.45, 7) is 4.71. The molecule has 1 aliphatic heterocycles. The van der Waals surface area contributed by atoms with E-state index in [1.807, 2.05) is 24.3 Å². The number of hydrogen-bond acceptors (Lipinski definition) is 5. The maximum absolute atomic E-state index is 11.9. The summed E-state index contributed by atoms with van der Waals surface area (Å²) >= 11 is 0. The van der Waals surface area contributed by atoms with Gasteiger partial charge in [0.1, 0.15) is 11.7 Å². The van der Waals surface area contributed by atoms with Crippen molar-refractivity contribution in [3.63, 3.8) is 0 Å². The Morgan fingerprint density at radius 1 is 1.21 bits per heavy atom. The van der Waals surface area contributed by atoms with Crippen LogP contribution in [0.2, 0.25) is 0 Å². The third-order valence-electron chi connectivity index (χ3n) is 4.10. The van der Waals surface area contributed by atoms with Gasteiger partial charge in [-0.1, -0.05) is 24.3 Å². The Morgan fingerprint density at radius 2 is 1.92 bits per heavy atom. The molecule has 0 saturated carbocycles. The Hall–Kier alpha value is -1.72. The van der Waals surface area contributed by atoms with Gasteiger partial charge in [-0.15, -0.1) is 0 Å². The topological polar surface area (TPSA) is 61.8 Å². The van der Waals surface area contributed by atoms with Crippen molar-refractivity contribution < 1.29 is 23.8 Å². The van der Waals surface area contributed by atoms with Crippen molar-refractivity contribution >= 4 is 11.8 Å². The van der Waals surface area contributed by atoms with Gasteiger partial charge < -0.3 is 14.2 Å². The third-order valence-corrected chi connectivity index (χ3v) is 4.10. The fourth-order valence-electron chi connectivity index (χ4n) is 2.67. The highest BCUT2D eigenvalue weighted by Crippen LogP contribution is 2.17. The molecule has 1 aromatic rings. The Morgan fingerprint density at radius 3 is 2.50 bits per heavy atom. The number of Topliss-reactive ketones (excluding diaryl/α,β-unsaturated/α-hetero) is 1. The second kappa shape index (κ2) is 9.55. The number of ether oxygens (including phenoxy) is 3. The molecule has 5 heteroatoms. The molecular formula is C19H26O5. The zero-order chi connectivity index (χ0) is 17.4. The summed E-state index contributed by atoms with van der Waals surface area (Å²) in [7, 11) is 0. The van der Waals surface area contributed by atoms with Crippen LogP contribution < -0.4 is 0 Å². The summed E-state index contributed by atoms with van der Waals surface area (Å²) in [5.41, 5.74) is 1.98. The van der Waals surface area contributed by atoms with Crippen molar-refractivity contribution in [3.8, 4) is 0 Å². The normalized spacial score (nSPS) is 18.8. The third kappa shape index (κ3) is 5.73. The molecule has 1 fully saturated rings. The zero-order valence-electron chi connectivity index (χ0n) is 14.5. The van der Waals surface area contributed by atoms with E-state index in [4.69, 9.17) is 14.2 Å². The van der Waals surface area contributed by atoms with Crippen LogP contribution in [0.4, 0.5) is 0 Å². The van der Waals surface area contributed by atoms with Crippen LogP contribution in [-0.4, -0.2) is 31.3 Å². The van der Waals surface area contributed by atoms with Gasteiger partial charge in [0.2, 0.25) is 0 Å². The standard InChI is InChI=1S/C19H26O5/c1-3-22-19(21)17(14(2)20)12-15-7-9-16(10-8-15)13-24-18-6-4-5-11-23-18/h7-10,17-18H,3-6,11-13H2,1-2H3. The van der Waals surface area contributed by atoms with Crippen molar-refractivity contribution in [1.82, 2.24) is 0 Å². The van der Waals surface area contributed by atoms with Crippen molar-refractivity contribution in [1.29, 1.82) is 0 Å². The SMILES string of the molecule is CCOC(=O)C(Cc1ccc(COC2CCCCO2)cc1)C(C)=O. The molecule has 5 nitrogen and oxygen atoms in total. The van der Waals surface area contributed by atoms with Gasteiger partial charge in [0, 0.05) is 6.61 Å². The van der Waals surface area contributed by atoms with E-state index >= 15 is 0 Å². The van der Waals surface area contributed by atoms with Crippen LogP contribution in [0.15, 0.2) is 24.3 Å². The summed E-state index contributed by atoms with van der Waals surface area (Å²) in [4.78, 5) is 23.5. The van der Waals surface area contributed by atoms with Gasteiger partial charge in [0.05, 0.1) is 13.2 Å². The van der Waals surface area contributed by atoms with Crippen LogP contribution >= 0.6 is 0 Å². The first kappa shape index (κ1) is 18.6. The first-order valence-electron chi connectivity index (χ1n) is 8.58. The molecule has 2 rings (SSSR count). The number of rotatable bonds is 8. The second-order valence-electron chi connectivity index (χ2n) is 6.04. The largest absolute Gasteiger partial charge is 0.465 e. The maximum atomic E-state index is 11.9. The number of hydrogen-bond donors (Lipinski definition) is 0. The lowest BCUT2D eigenvalue weighted by atomic mass is 9.95. The smallest absolute Gasteiger partial charge is 0.316 e. The lowest BCUT2D eigenvalue weighted by Crippen LogP contribution is -2.26. The van der Waals surface area contributed by atoms with Gasteiger partial charge in [-0.25, -0.2) is 0 Å². The molecule has 132 valence electrons. The van der Waals surface area contributed by atoms with E-state index in [2.05, 4.69) is 0 Å². The Bertz CT molecular complexity index is 531. The van der Waals surface area contributed by atoms with Crippen molar-refractivity contribution in [2.24, 2.45) is 5.92 Å². The van der Waals surface area contributed by atoms with E-state index < -0.39 is 11.9 Å². The molecule has 0 amide bonds. The van der Waals surface area contributed by atoms with Crippen LogP contribution in [0.25, 0.3) is 0 Å². The average molecular weight is 334 g/mol. The maximum Gasteiger partial charge on any atom is 0.316 e. The minimum Gasteiger partial charge on any atom is -0.465 e. The summed E-state index contributed by atoms with van der Waals surface area (Å²) in [6, 6.07) is 7.77. The molecule has 1 heterocycles. The van der Waals surface area contributed by atoms with E-state index in [0.717, 1.165) is 37.0 Å². The summed E-state index contributed by atoms with van der Waals surface area (Å²) in [5.74, 6) is -1.36. The van der Waals surface area contributed by atoms with E-state index in [-0.39, 0.29) is 18.7 Å². The van der Waals surface area contributed by atoms with Crippen LogP contribution in [0, 0.1) is 5.92 Å². The first-order valence-corrected chi connectivity index (χ1v) is 8.58. The van der Waals surface area contributed by atoms with Gasteiger partial charge >= 0.3 is 5.97 Å². The molecule has 0 spiro atoms. The van der Waals surface area contributed by atoms with E-state index in [9.17, 15) is 9.59 Å². The molecule has 1 saturated heterocycles. The van der Waals surface area contributed by atoms with E-state index in [1.165, 1.54) is 6.92 Å². The van der Waals surface area contributed by atoms with Crippen LogP contribution in [0.1, 0.15) is 44.2 Å². The zero-order valence-corrected chi connectivity index (χ0v) is 14.5. The minimum absolute atomic E-state index is 0.107. The molecule has 24 heavy (non-hydrogen) atoms. The Kier molecular flexibility index (Phi) is 7.40. The van der Waals surface area contributed by atoms with Crippen molar-refractivity contribution in [2.75, 3.05) is 13.2 Å². The molecule has 2 unspecified atom stereocenters. The number of carbonyl (C=O) groups excluding carboxylic acids is 2. The summed E-state index contributed by atoms with van der Waals surface area (Å²) in [5, 5.41) is 0. The molecule has 2 atom stereocenters. The Labute approximate surface area is 143 Å². The number of benzene rings is 1. The summed E-state index contributed by atoms with van der Waals surface area (Å²) in [6.07, 6.45) is 3.44. The summed E-state index contributed by atoms with van der Waals surface area (Å²) < 4.78 is 16.3. The van der Waals surface area contributed by atoms with Gasteiger partial charge in [-0.05, 0) is 50.7 Å². The lowest BCUT2D eigenvalue weighted by Gasteiger charge is -2.22. The van der Waals surface area contributed by atoms with E-state index in [0.29, 0.717) is 13.0 Å². The average Bonchev–Trinajstić information content (AvgIpc) is 2.59. The highest BCUT2D eigenvalue weighted by Gasteiger charge is 2.24. The second-order valence-corrected chi connectivity index (χ2v) is 6.04. The Balaban J connectivity index is 1.88. The predicted octanol–water partition coefficient (Wildman–Crippen LogP) is 3.04. The molecule has 0 aromatic heterocycles. The fraction of sp³-hybridized carbons (Fsp3) is 0.579. The molecule has 1 aromatic carbocycles.